The number of aromatic nitrogens is 2. The molecule has 0 fully saturated rings. The van der Waals surface area contributed by atoms with Crippen LogP contribution in [0.5, 0.6) is 5.75 Å². The maximum Gasteiger partial charge on any atom is 0.310 e. The van der Waals surface area contributed by atoms with Gasteiger partial charge in [0.2, 0.25) is 0 Å². The third-order valence-corrected chi connectivity index (χ3v) is 4.12. The SMILES string of the molecule is O=[N+]([O-])c1ccccc1OCCSc1ncnc2ccccc12. The molecule has 0 bridgehead atoms. The van der Waals surface area contributed by atoms with Gasteiger partial charge < -0.3 is 4.74 Å². The fraction of sp³-hybridized carbons (Fsp3) is 0.125. The van der Waals surface area contributed by atoms with Gasteiger partial charge in [0.1, 0.15) is 11.4 Å². The molecule has 6 nitrogen and oxygen atoms in total. The first-order valence-corrected chi connectivity index (χ1v) is 7.93. The van der Waals surface area contributed by atoms with E-state index in [9.17, 15) is 10.1 Å². The van der Waals surface area contributed by atoms with E-state index in [1.165, 1.54) is 24.2 Å². The standard InChI is InChI=1S/C16H13N3O3S/c20-19(21)14-7-3-4-8-15(14)22-9-10-23-16-12-5-1-2-6-13(12)17-11-18-16/h1-8,11H,9-10H2. The second kappa shape index (κ2) is 7.06. The van der Waals surface area contributed by atoms with E-state index < -0.39 is 4.92 Å². The number of nitro benzene ring substituents is 1. The van der Waals surface area contributed by atoms with Gasteiger partial charge in [-0.25, -0.2) is 9.97 Å². The predicted molar refractivity (Wildman–Crippen MR) is 88.9 cm³/mol. The second-order valence-corrected chi connectivity index (χ2v) is 5.70. The Morgan fingerprint density at radius 3 is 2.74 bits per heavy atom. The fourth-order valence-corrected chi connectivity index (χ4v) is 2.92. The zero-order valence-electron chi connectivity index (χ0n) is 12.1. The fourth-order valence-electron chi connectivity index (χ4n) is 2.12. The quantitative estimate of drug-likeness (QED) is 0.226. The van der Waals surface area contributed by atoms with Crippen LogP contribution in [0.4, 0.5) is 5.69 Å². The topological polar surface area (TPSA) is 78.2 Å². The van der Waals surface area contributed by atoms with Crippen molar-refractivity contribution in [1.82, 2.24) is 9.97 Å². The first-order valence-electron chi connectivity index (χ1n) is 6.94. The van der Waals surface area contributed by atoms with Crippen molar-refractivity contribution in [2.24, 2.45) is 0 Å². The maximum absolute atomic E-state index is 10.9. The van der Waals surface area contributed by atoms with Gasteiger partial charge in [-0.05, 0) is 12.1 Å². The summed E-state index contributed by atoms with van der Waals surface area (Å²) in [5.74, 6) is 0.915. The van der Waals surface area contributed by atoms with E-state index in [1.807, 2.05) is 24.3 Å². The summed E-state index contributed by atoms with van der Waals surface area (Å²) in [4.78, 5) is 19.0. The van der Waals surface area contributed by atoms with Crippen molar-refractivity contribution in [1.29, 1.82) is 0 Å². The zero-order valence-corrected chi connectivity index (χ0v) is 12.9. The molecule has 3 rings (SSSR count). The molecule has 1 aromatic heterocycles. The molecule has 116 valence electrons. The Labute approximate surface area is 136 Å². The Kier molecular flexibility index (Phi) is 4.68. The van der Waals surface area contributed by atoms with E-state index in [2.05, 4.69) is 9.97 Å². The Morgan fingerprint density at radius 2 is 1.87 bits per heavy atom. The number of nitrogens with zero attached hydrogens (tertiary/aromatic N) is 3. The third kappa shape index (κ3) is 3.57. The highest BCUT2D eigenvalue weighted by Crippen LogP contribution is 2.27. The number of fused-ring (bicyclic) bond motifs is 1. The number of benzene rings is 2. The Bertz CT molecular complexity index is 836. The molecule has 7 heteroatoms. The number of ether oxygens (including phenoxy) is 1. The molecule has 0 saturated carbocycles. The summed E-state index contributed by atoms with van der Waals surface area (Å²) in [5.41, 5.74) is 0.870. The molecule has 0 unspecified atom stereocenters. The van der Waals surface area contributed by atoms with E-state index in [-0.39, 0.29) is 11.4 Å². The van der Waals surface area contributed by atoms with E-state index in [4.69, 9.17) is 4.74 Å². The summed E-state index contributed by atoms with van der Waals surface area (Å²) in [6.45, 7) is 0.355. The largest absolute Gasteiger partial charge is 0.486 e. The van der Waals surface area contributed by atoms with E-state index >= 15 is 0 Å². The Hall–Kier alpha value is -2.67. The lowest BCUT2D eigenvalue weighted by Gasteiger charge is -2.07. The smallest absolute Gasteiger partial charge is 0.310 e. The minimum absolute atomic E-state index is 0.0232. The van der Waals surface area contributed by atoms with Crippen LogP contribution in [0.3, 0.4) is 0 Å². The molecular weight excluding hydrogens is 314 g/mol. The first kappa shape index (κ1) is 15.2. The van der Waals surface area contributed by atoms with Crippen LogP contribution in [0.25, 0.3) is 10.9 Å². The van der Waals surface area contributed by atoms with Gasteiger partial charge in [-0.1, -0.05) is 30.3 Å². The number of hydrogen-bond acceptors (Lipinski definition) is 6. The molecule has 0 saturated heterocycles. The van der Waals surface area contributed by atoms with Crippen molar-refractivity contribution < 1.29 is 9.66 Å². The third-order valence-electron chi connectivity index (χ3n) is 3.15. The average molecular weight is 327 g/mol. The van der Waals surface area contributed by atoms with Crippen molar-refractivity contribution in [2.75, 3.05) is 12.4 Å². The number of para-hydroxylation sites is 3. The minimum atomic E-state index is -0.444. The van der Waals surface area contributed by atoms with Crippen molar-refractivity contribution in [3.8, 4) is 5.75 Å². The summed E-state index contributed by atoms with van der Waals surface area (Å²) >= 11 is 1.54. The lowest BCUT2D eigenvalue weighted by molar-refractivity contribution is -0.385. The van der Waals surface area contributed by atoms with E-state index in [0.717, 1.165) is 15.9 Å². The molecule has 0 aliphatic heterocycles. The number of rotatable bonds is 6. The molecule has 2 aromatic carbocycles. The maximum atomic E-state index is 10.9. The second-order valence-electron chi connectivity index (χ2n) is 4.62. The normalized spacial score (nSPS) is 10.6. The van der Waals surface area contributed by atoms with Crippen LogP contribution in [0.2, 0.25) is 0 Å². The van der Waals surface area contributed by atoms with Crippen LogP contribution in [0, 0.1) is 10.1 Å². The van der Waals surface area contributed by atoms with Gasteiger partial charge >= 0.3 is 5.69 Å². The highest BCUT2D eigenvalue weighted by molar-refractivity contribution is 7.99. The Morgan fingerprint density at radius 1 is 1.09 bits per heavy atom. The van der Waals surface area contributed by atoms with Crippen LogP contribution in [0.1, 0.15) is 0 Å². The van der Waals surface area contributed by atoms with Crippen molar-refractivity contribution in [3.05, 3.63) is 65.0 Å². The zero-order chi connectivity index (χ0) is 16.1. The lowest BCUT2D eigenvalue weighted by Crippen LogP contribution is -2.03. The minimum Gasteiger partial charge on any atom is -0.486 e. The van der Waals surface area contributed by atoms with E-state index in [0.29, 0.717) is 12.4 Å². The molecule has 3 aromatic rings. The average Bonchev–Trinajstić information content (AvgIpc) is 2.59. The summed E-state index contributed by atoms with van der Waals surface area (Å²) in [5, 5.41) is 12.8. The summed E-state index contributed by atoms with van der Waals surface area (Å²) in [7, 11) is 0. The van der Waals surface area contributed by atoms with Crippen LogP contribution in [0.15, 0.2) is 59.9 Å². The molecule has 0 spiro atoms. The lowest BCUT2D eigenvalue weighted by atomic mass is 10.2. The predicted octanol–water partition coefficient (Wildman–Crippen LogP) is 3.71. The number of hydrogen-bond donors (Lipinski definition) is 0. The first-order chi connectivity index (χ1) is 11.3. The monoisotopic (exact) mass is 327 g/mol. The molecule has 0 aliphatic rings. The van der Waals surface area contributed by atoms with Gasteiger partial charge in [-0.2, -0.15) is 0 Å². The van der Waals surface area contributed by atoms with Gasteiger partial charge in [0, 0.05) is 17.2 Å². The van der Waals surface area contributed by atoms with Crippen LogP contribution in [-0.4, -0.2) is 27.3 Å². The molecule has 0 aliphatic carbocycles. The van der Waals surface area contributed by atoms with Gasteiger partial charge in [-0.3, -0.25) is 10.1 Å². The summed E-state index contributed by atoms with van der Waals surface area (Å²) < 4.78 is 5.53. The van der Waals surface area contributed by atoms with Gasteiger partial charge in [0.25, 0.3) is 0 Å². The molecule has 0 amide bonds. The van der Waals surface area contributed by atoms with Crippen LogP contribution < -0.4 is 4.74 Å². The van der Waals surface area contributed by atoms with E-state index in [1.54, 1.807) is 18.2 Å². The number of thioether (sulfide) groups is 1. The van der Waals surface area contributed by atoms with Crippen molar-refractivity contribution >= 4 is 28.4 Å². The molecule has 0 N–H and O–H groups in total. The molecule has 0 atom stereocenters. The van der Waals surface area contributed by atoms with Crippen LogP contribution in [-0.2, 0) is 0 Å². The molecular formula is C16H13N3O3S. The highest BCUT2D eigenvalue weighted by atomic mass is 32.2. The number of nitro groups is 1. The summed E-state index contributed by atoms with van der Waals surface area (Å²) in [6.07, 6.45) is 1.54. The van der Waals surface area contributed by atoms with Crippen LogP contribution >= 0.6 is 11.8 Å². The highest BCUT2D eigenvalue weighted by Gasteiger charge is 2.13. The van der Waals surface area contributed by atoms with Crippen molar-refractivity contribution in [3.63, 3.8) is 0 Å². The van der Waals surface area contributed by atoms with Gasteiger partial charge in [0.05, 0.1) is 17.0 Å². The van der Waals surface area contributed by atoms with Gasteiger partial charge in [-0.15, -0.1) is 11.8 Å². The van der Waals surface area contributed by atoms with Gasteiger partial charge in [0.15, 0.2) is 5.75 Å². The Balaban J connectivity index is 1.63. The molecule has 0 radical (unpaired) electrons. The van der Waals surface area contributed by atoms with Crippen molar-refractivity contribution in [2.45, 2.75) is 5.03 Å². The molecule has 23 heavy (non-hydrogen) atoms. The summed E-state index contributed by atoms with van der Waals surface area (Å²) in [6, 6.07) is 14.1. The molecule has 1 heterocycles.